The van der Waals surface area contributed by atoms with E-state index in [9.17, 15) is 15.4 Å². The van der Waals surface area contributed by atoms with Gasteiger partial charge in [0.05, 0.1) is 22.1 Å². The SMILES string of the molecule is N#Cc1cc(NCc2ccc(N3CCCC3)nc2)nc2ccc([N+](=O)[O-])cc12. The molecule has 0 saturated carbocycles. The fourth-order valence-electron chi connectivity index (χ4n) is 3.36. The van der Waals surface area contributed by atoms with Gasteiger partial charge in [0.1, 0.15) is 11.6 Å². The number of hydrogen-bond donors (Lipinski definition) is 1. The second-order valence-electron chi connectivity index (χ2n) is 6.70. The molecule has 4 rings (SSSR count). The number of nitrogens with zero attached hydrogens (tertiary/aromatic N) is 5. The first-order valence-electron chi connectivity index (χ1n) is 9.07. The van der Waals surface area contributed by atoms with E-state index in [4.69, 9.17) is 0 Å². The van der Waals surface area contributed by atoms with Gasteiger partial charge in [-0.2, -0.15) is 5.26 Å². The predicted molar refractivity (Wildman–Crippen MR) is 106 cm³/mol. The van der Waals surface area contributed by atoms with Crippen molar-refractivity contribution in [3.05, 3.63) is 63.8 Å². The standard InChI is InChI=1S/C20H18N6O2/c21-11-15-9-19(24-18-5-4-16(26(27)28)10-17(15)18)22-12-14-3-6-20(23-13-14)25-7-1-2-8-25/h3-6,9-10,13H,1-2,7-8,12H2,(H,22,24). The quantitative estimate of drug-likeness (QED) is 0.537. The number of nitrogens with one attached hydrogen (secondary N) is 1. The fraction of sp³-hybridized carbons (Fsp3) is 0.250. The number of pyridine rings is 2. The van der Waals surface area contributed by atoms with Crippen molar-refractivity contribution in [2.75, 3.05) is 23.3 Å². The monoisotopic (exact) mass is 374 g/mol. The third-order valence-electron chi connectivity index (χ3n) is 4.84. The number of aromatic nitrogens is 2. The lowest BCUT2D eigenvalue weighted by molar-refractivity contribution is -0.384. The van der Waals surface area contributed by atoms with Crippen molar-refractivity contribution in [2.45, 2.75) is 19.4 Å². The van der Waals surface area contributed by atoms with E-state index in [1.54, 1.807) is 12.1 Å². The van der Waals surface area contributed by atoms with Gasteiger partial charge < -0.3 is 10.2 Å². The molecule has 8 nitrogen and oxygen atoms in total. The molecule has 0 atom stereocenters. The zero-order chi connectivity index (χ0) is 19.5. The molecule has 0 bridgehead atoms. The molecular formula is C20H18N6O2. The second kappa shape index (κ2) is 7.48. The normalized spacial score (nSPS) is 13.5. The molecule has 140 valence electrons. The maximum atomic E-state index is 11.0. The molecule has 3 heterocycles. The number of anilines is 2. The molecule has 0 unspecified atom stereocenters. The number of benzene rings is 1. The Kier molecular flexibility index (Phi) is 4.72. The van der Waals surface area contributed by atoms with Crippen molar-refractivity contribution in [3.63, 3.8) is 0 Å². The van der Waals surface area contributed by atoms with E-state index in [0.29, 0.717) is 28.8 Å². The topological polar surface area (TPSA) is 108 Å². The Morgan fingerprint density at radius 1 is 1.21 bits per heavy atom. The van der Waals surface area contributed by atoms with Gasteiger partial charge in [-0.05, 0) is 36.6 Å². The summed E-state index contributed by atoms with van der Waals surface area (Å²) in [5.41, 5.74) is 1.83. The first-order chi connectivity index (χ1) is 13.6. The highest BCUT2D eigenvalue weighted by Crippen LogP contribution is 2.25. The molecule has 2 aromatic heterocycles. The second-order valence-corrected chi connectivity index (χ2v) is 6.70. The highest BCUT2D eigenvalue weighted by Gasteiger charge is 2.14. The summed E-state index contributed by atoms with van der Waals surface area (Å²) in [4.78, 5) is 21.8. The maximum Gasteiger partial charge on any atom is 0.270 e. The van der Waals surface area contributed by atoms with Crippen molar-refractivity contribution in [2.24, 2.45) is 0 Å². The molecule has 0 radical (unpaired) electrons. The van der Waals surface area contributed by atoms with Crippen molar-refractivity contribution in [3.8, 4) is 6.07 Å². The first-order valence-corrected chi connectivity index (χ1v) is 9.07. The fourth-order valence-corrected chi connectivity index (χ4v) is 3.36. The summed E-state index contributed by atoms with van der Waals surface area (Å²) in [5.74, 6) is 1.54. The van der Waals surface area contributed by atoms with Crippen molar-refractivity contribution in [1.29, 1.82) is 5.26 Å². The Balaban J connectivity index is 1.52. The van der Waals surface area contributed by atoms with E-state index in [1.165, 1.54) is 25.0 Å². The van der Waals surface area contributed by atoms with Crippen LogP contribution < -0.4 is 10.2 Å². The zero-order valence-corrected chi connectivity index (χ0v) is 15.1. The van der Waals surface area contributed by atoms with E-state index in [2.05, 4.69) is 26.3 Å². The lowest BCUT2D eigenvalue weighted by Crippen LogP contribution is -2.18. The molecule has 0 amide bonds. The van der Waals surface area contributed by atoms with Gasteiger partial charge in [-0.25, -0.2) is 9.97 Å². The van der Waals surface area contributed by atoms with Gasteiger partial charge >= 0.3 is 0 Å². The summed E-state index contributed by atoms with van der Waals surface area (Å²) in [6, 6.07) is 12.1. The average Bonchev–Trinajstić information content (AvgIpc) is 3.26. The van der Waals surface area contributed by atoms with Crippen molar-refractivity contribution < 1.29 is 4.92 Å². The van der Waals surface area contributed by atoms with Gasteiger partial charge in [-0.3, -0.25) is 10.1 Å². The van der Waals surface area contributed by atoms with Crippen LogP contribution in [-0.4, -0.2) is 28.0 Å². The summed E-state index contributed by atoms with van der Waals surface area (Å²) in [5, 5.41) is 24.1. The molecule has 3 aromatic rings. The van der Waals surface area contributed by atoms with E-state index >= 15 is 0 Å². The van der Waals surface area contributed by atoms with Crippen molar-refractivity contribution >= 4 is 28.2 Å². The minimum absolute atomic E-state index is 0.0596. The van der Waals surface area contributed by atoms with Crippen molar-refractivity contribution in [1.82, 2.24) is 9.97 Å². The molecule has 1 saturated heterocycles. The van der Waals surface area contributed by atoms with Gasteiger partial charge in [-0.1, -0.05) is 6.07 Å². The number of fused-ring (bicyclic) bond motifs is 1. The number of nitro benzene ring substituents is 1. The van der Waals surface area contributed by atoms with E-state index in [1.807, 2.05) is 18.3 Å². The third-order valence-corrected chi connectivity index (χ3v) is 4.84. The summed E-state index contributed by atoms with van der Waals surface area (Å²) in [6.45, 7) is 2.63. The largest absolute Gasteiger partial charge is 0.366 e. The molecule has 28 heavy (non-hydrogen) atoms. The van der Waals surface area contributed by atoms with Gasteiger partial charge in [0.15, 0.2) is 0 Å². The Morgan fingerprint density at radius 3 is 2.71 bits per heavy atom. The first kappa shape index (κ1) is 17.7. The Morgan fingerprint density at radius 2 is 2.04 bits per heavy atom. The number of nitro groups is 1. The molecule has 1 aromatic carbocycles. The molecule has 1 aliphatic rings. The van der Waals surface area contributed by atoms with Gasteiger partial charge in [0, 0.05) is 43.4 Å². The highest BCUT2D eigenvalue weighted by atomic mass is 16.6. The maximum absolute atomic E-state index is 11.0. The number of nitriles is 1. The highest BCUT2D eigenvalue weighted by molar-refractivity contribution is 5.88. The minimum Gasteiger partial charge on any atom is -0.366 e. The number of rotatable bonds is 5. The molecule has 8 heteroatoms. The van der Waals surface area contributed by atoms with Crippen LogP contribution in [0.4, 0.5) is 17.3 Å². The van der Waals surface area contributed by atoms with Crippen LogP contribution in [0.3, 0.4) is 0 Å². The van der Waals surface area contributed by atoms with E-state index in [0.717, 1.165) is 24.5 Å². The number of non-ortho nitro benzene ring substituents is 1. The smallest absolute Gasteiger partial charge is 0.270 e. The Labute approximate surface area is 161 Å². The van der Waals surface area contributed by atoms with Crippen LogP contribution in [-0.2, 0) is 6.54 Å². The van der Waals surface area contributed by atoms with E-state index < -0.39 is 4.92 Å². The van der Waals surface area contributed by atoms with Crippen LogP contribution in [0, 0.1) is 21.4 Å². The van der Waals surface area contributed by atoms with Gasteiger partial charge in [0.25, 0.3) is 5.69 Å². The summed E-state index contributed by atoms with van der Waals surface area (Å²) in [7, 11) is 0. The zero-order valence-electron chi connectivity index (χ0n) is 15.1. The number of hydrogen-bond acceptors (Lipinski definition) is 7. The van der Waals surface area contributed by atoms with Crippen LogP contribution in [0.2, 0.25) is 0 Å². The summed E-state index contributed by atoms with van der Waals surface area (Å²) >= 11 is 0. The molecule has 1 fully saturated rings. The average molecular weight is 374 g/mol. The molecule has 1 aliphatic heterocycles. The Hall–Kier alpha value is -3.73. The predicted octanol–water partition coefficient (Wildman–Crippen LogP) is 3.62. The van der Waals surface area contributed by atoms with Crippen LogP contribution in [0.5, 0.6) is 0 Å². The molecule has 0 spiro atoms. The lowest BCUT2D eigenvalue weighted by Gasteiger charge is -2.16. The molecular weight excluding hydrogens is 356 g/mol. The third kappa shape index (κ3) is 3.55. The van der Waals surface area contributed by atoms with E-state index in [-0.39, 0.29) is 5.69 Å². The summed E-state index contributed by atoms with van der Waals surface area (Å²) in [6.07, 6.45) is 4.27. The minimum atomic E-state index is -0.481. The molecule has 1 N–H and O–H groups in total. The van der Waals surface area contributed by atoms with Crippen LogP contribution in [0.1, 0.15) is 24.0 Å². The molecule has 0 aliphatic carbocycles. The Bertz CT molecular complexity index is 1070. The summed E-state index contributed by atoms with van der Waals surface area (Å²) < 4.78 is 0. The van der Waals surface area contributed by atoms with Crippen LogP contribution >= 0.6 is 0 Å². The van der Waals surface area contributed by atoms with Crippen LogP contribution in [0.25, 0.3) is 10.9 Å². The van der Waals surface area contributed by atoms with Gasteiger partial charge in [0.2, 0.25) is 0 Å². The van der Waals surface area contributed by atoms with Gasteiger partial charge in [-0.15, -0.1) is 0 Å². The van der Waals surface area contributed by atoms with Crippen LogP contribution in [0.15, 0.2) is 42.6 Å². The lowest BCUT2D eigenvalue weighted by atomic mass is 10.1.